The van der Waals surface area contributed by atoms with Gasteiger partial charge in [-0.2, -0.15) is 0 Å². The number of amides is 1. The van der Waals surface area contributed by atoms with E-state index < -0.39 is 11.9 Å². The van der Waals surface area contributed by atoms with Gasteiger partial charge in [0.15, 0.2) is 0 Å². The molecule has 2 aliphatic rings. The molecule has 0 aliphatic carbocycles. The van der Waals surface area contributed by atoms with Crippen LogP contribution in [-0.4, -0.2) is 71.1 Å². The number of halogens is 1. The van der Waals surface area contributed by atoms with Gasteiger partial charge in [0.1, 0.15) is 5.75 Å². The highest BCUT2D eigenvalue weighted by atomic mass is 79.9. The highest BCUT2D eigenvalue weighted by molar-refractivity contribution is 9.10. The second-order valence-electron chi connectivity index (χ2n) is 7.17. The lowest BCUT2D eigenvalue weighted by Crippen LogP contribution is -2.43. The molecule has 0 radical (unpaired) electrons. The number of rotatable bonds is 4. The van der Waals surface area contributed by atoms with Crippen LogP contribution in [0.4, 0.5) is 0 Å². The molecule has 1 aromatic rings. The van der Waals surface area contributed by atoms with Gasteiger partial charge in [-0.15, -0.1) is 0 Å². The second-order valence-corrected chi connectivity index (χ2v) is 8.09. The minimum atomic E-state index is -1.82. The van der Waals surface area contributed by atoms with Gasteiger partial charge >= 0.3 is 11.9 Å². The molecule has 1 amide bonds. The van der Waals surface area contributed by atoms with Crippen LogP contribution in [0.25, 0.3) is 0 Å². The standard InChI is InChI=1S/C18H25BrN2O2.C2H2O4/c1-23-17-7-6-16(19)11-15(17)13-20-8-4-5-14(12-20)18(22)21-9-2-3-10-21;3-1(4)2(5)6/h6-7,11,14H,2-5,8-10,12-13H2,1H3;(H,3,4)(H,5,6). The molecule has 2 saturated heterocycles. The Morgan fingerprint density at radius 3 is 2.34 bits per heavy atom. The van der Waals surface area contributed by atoms with Crippen LogP contribution in [0.3, 0.4) is 0 Å². The molecule has 2 N–H and O–H groups in total. The molecular weight excluding hydrogens is 444 g/mol. The van der Waals surface area contributed by atoms with E-state index >= 15 is 0 Å². The summed E-state index contributed by atoms with van der Waals surface area (Å²) in [6.07, 6.45) is 4.46. The molecule has 8 nitrogen and oxygen atoms in total. The number of nitrogens with zero attached hydrogens (tertiary/aromatic N) is 2. The fraction of sp³-hybridized carbons (Fsp3) is 0.550. The number of carbonyl (C=O) groups excluding carboxylic acids is 1. The lowest BCUT2D eigenvalue weighted by atomic mass is 9.96. The number of ether oxygens (including phenoxy) is 1. The highest BCUT2D eigenvalue weighted by Gasteiger charge is 2.30. The van der Waals surface area contributed by atoms with Gasteiger partial charge in [0, 0.05) is 36.2 Å². The molecule has 0 bridgehead atoms. The van der Waals surface area contributed by atoms with Gasteiger partial charge in [-0.1, -0.05) is 15.9 Å². The summed E-state index contributed by atoms with van der Waals surface area (Å²) in [7, 11) is 1.71. The van der Waals surface area contributed by atoms with E-state index in [0.29, 0.717) is 5.91 Å². The van der Waals surface area contributed by atoms with E-state index in [0.717, 1.165) is 68.6 Å². The number of hydrogen-bond acceptors (Lipinski definition) is 5. The zero-order valence-electron chi connectivity index (χ0n) is 16.5. The Hall–Kier alpha value is -2.13. The molecule has 160 valence electrons. The molecule has 2 heterocycles. The van der Waals surface area contributed by atoms with Crippen molar-refractivity contribution in [3.63, 3.8) is 0 Å². The summed E-state index contributed by atoms with van der Waals surface area (Å²) in [4.78, 5) is 35.3. The number of carboxylic acids is 2. The Kier molecular flexibility index (Phi) is 8.91. The van der Waals surface area contributed by atoms with Gasteiger partial charge in [-0.05, 0) is 50.4 Å². The normalized spacial score (nSPS) is 19.2. The summed E-state index contributed by atoms with van der Waals surface area (Å²) in [6.45, 7) is 4.67. The smallest absolute Gasteiger partial charge is 0.414 e. The van der Waals surface area contributed by atoms with Crippen molar-refractivity contribution in [2.45, 2.75) is 32.2 Å². The third-order valence-electron chi connectivity index (χ3n) is 5.09. The SMILES string of the molecule is COc1ccc(Br)cc1CN1CCCC(C(=O)N2CCCC2)C1.O=C(O)C(=O)O. The number of hydrogen-bond donors (Lipinski definition) is 2. The molecular formula is C20H27BrN2O6. The van der Waals surface area contributed by atoms with Crippen LogP contribution in [0.15, 0.2) is 22.7 Å². The van der Waals surface area contributed by atoms with Crippen LogP contribution in [0.1, 0.15) is 31.2 Å². The van der Waals surface area contributed by atoms with Crippen molar-refractivity contribution in [1.29, 1.82) is 0 Å². The van der Waals surface area contributed by atoms with E-state index in [1.54, 1.807) is 7.11 Å². The molecule has 1 atom stereocenters. The number of carbonyl (C=O) groups is 3. The Morgan fingerprint density at radius 1 is 1.10 bits per heavy atom. The first-order chi connectivity index (χ1) is 13.8. The van der Waals surface area contributed by atoms with Crippen molar-refractivity contribution in [3.8, 4) is 5.75 Å². The molecule has 9 heteroatoms. The minimum Gasteiger partial charge on any atom is -0.496 e. The maximum Gasteiger partial charge on any atom is 0.414 e. The molecule has 3 rings (SSSR count). The fourth-order valence-corrected chi connectivity index (χ4v) is 4.12. The van der Waals surface area contributed by atoms with Crippen LogP contribution in [0.2, 0.25) is 0 Å². The number of piperidine rings is 1. The maximum atomic E-state index is 12.6. The number of carboxylic acid groups (broad SMARTS) is 2. The molecule has 0 aromatic heterocycles. The summed E-state index contributed by atoms with van der Waals surface area (Å²) >= 11 is 3.54. The average molecular weight is 471 g/mol. The van der Waals surface area contributed by atoms with Crippen molar-refractivity contribution in [2.75, 3.05) is 33.3 Å². The summed E-state index contributed by atoms with van der Waals surface area (Å²) in [6, 6.07) is 6.11. The van der Waals surface area contributed by atoms with Crippen LogP contribution < -0.4 is 4.74 Å². The third-order valence-corrected chi connectivity index (χ3v) is 5.59. The van der Waals surface area contributed by atoms with Gasteiger partial charge in [-0.25, -0.2) is 9.59 Å². The molecule has 0 saturated carbocycles. The Bertz CT molecular complexity index is 724. The lowest BCUT2D eigenvalue weighted by molar-refractivity contribution is -0.159. The fourth-order valence-electron chi connectivity index (χ4n) is 3.71. The van der Waals surface area contributed by atoms with E-state index in [2.05, 4.69) is 31.8 Å². The monoisotopic (exact) mass is 470 g/mol. The van der Waals surface area contributed by atoms with Crippen LogP contribution in [-0.2, 0) is 20.9 Å². The average Bonchev–Trinajstić information content (AvgIpc) is 3.23. The largest absolute Gasteiger partial charge is 0.496 e. The van der Waals surface area contributed by atoms with E-state index in [-0.39, 0.29) is 5.92 Å². The first-order valence-corrected chi connectivity index (χ1v) is 10.4. The predicted octanol–water partition coefficient (Wildman–Crippen LogP) is 2.45. The van der Waals surface area contributed by atoms with Crippen molar-refractivity contribution < 1.29 is 29.3 Å². The molecule has 2 fully saturated rings. The Morgan fingerprint density at radius 2 is 1.76 bits per heavy atom. The molecule has 0 spiro atoms. The molecule has 1 unspecified atom stereocenters. The molecule has 2 aliphatic heterocycles. The summed E-state index contributed by atoms with van der Waals surface area (Å²) in [5.74, 6) is -2.19. The van der Waals surface area contributed by atoms with E-state index in [1.807, 2.05) is 12.1 Å². The number of likely N-dealkylation sites (tertiary alicyclic amines) is 2. The number of aliphatic carboxylic acids is 2. The van der Waals surface area contributed by atoms with Crippen molar-refractivity contribution in [2.24, 2.45) is 5.92 Å². The zero-order valence-corrected chi connectivity index (χ0v) is 18.1. The van der Waals surface area contributed by atoms with Crippen molar-refractivity contribution in [1.82, 2.24) is 9.80 Å². The van der Waals surface area contributed by atoms with Crippen LogP contribution in [0.5, 0.6) is 5.75 Å². The van der Waals surface area contributed by atoms with E-state index in [4.69, 9.17) is 24.5 Å². The first-order valence-electron chi connectivity index (χ1n) is 9.61. The van der Waals surface area contributed by atoms with Crippen LogP contribution in [0, 0.1) is 5.92 Å². The molecule has 29 heavy (non-hydrogen) atoms. The minimum absolute atomic E-state index is 0.167. The van der Waals surface area contributed by atoms with E-state index in [9.17, 15) is 4.79 Å². The second kappa shape index (κ2) is 11.2. The highest BCUT2D eigenvalue weighted by Crippen LogP contribution is 2.27. The topological polar surface area (TPSA) is 107 Å². The summed E-state index contributed by atoms with van der Waals surface area (Å²) in [5, 5.41) is 14.8. The van der Waals surface area contributed by atoms with Gasteiger partial charge in [0.25, 0.3) is 0 Å². The van der Waals surface area contributed by atoms with Gasteiger partial charge in [0.2, 0.25) is 5.91 Å². The number of methoxy groups -OCH3 is 1. The number of benzene rings is 1. The summed E-state index contributed by atoms with van der Waals surface area (Å²) < 4.78 is 6.54. The third kappa shape index (κ3) is 7.01. The van der Waals surface area contributed by atoms with Gasteiger partial charge in [-0.3, -0.25) is 9.69 Å². The van der Waals surface area contributed by atoms with Gasteiger partial charge < -0.3 is 19.8 Å². The van der Waals surface area contributed by atoms with Crippen molar-refractivity contribution >= 4 is 33.8 Å². The molecule has 1 aromatic carbocycles. The Labute approximate surface area is 178 Å². The van der Waals surface area contributed by atoms with Gasteiger partial charge in [0.05, 0.1) is 13.0 Å². The van der Waals surface area contributed by atoms with Crippen LogP contribution >= 0.6 is 15.9 Å². The Balaban J connectivity index is 0.000000438. The maximum absolute atomic E-state index is 12.6. The zero-order chi connectivity index (χ0) is 21.4. The van der Waals surface area contributed by atoms with E-state index in [1.165, 1.54) is 5.56 Å². The predicted molar refractivity (Wildman–Crippen MR) is 110 cm³/mol. The lowest BCUT2D eigenvalue weighted by Gasteiger charge is -2.34. The summed E-state index contributed by atoms with van der Waals surface area (Å²) in [5.41, 5.74) is 1.18. The first kappa shape index (κ1) is 23.2. The van der Waals surface area contributed by atoms with Crippen molar-refractivity contribution in [3.05, 3.63) is 28.2 Å². The quantitative estimate of drug-likeness (QED) is 0.650.